The molecule has 114 valence electrons. The molecule has 0 aliphatic carbocycles. The second-order valence-corrected chi connectivity index (χ2v) is 5.31. The Hall–Kier alpha value is -2.38. The van der Waals surface area contributed by atoms with Crippen LogP contribution in [0.5, 0.6) is 5.88 Å². The summed E-state index contributed by atoms with van der Waals surface area (Å²) in [5, 5.41) is 20.3. The van der Waals surface area contributed by atoms with Gasteiger partial charge in [0.1, 0.15) is 0 Å². The Bertz CT molecular complexity index is 567. The Morgan fingerprint density at radius 1 is 1.48 bits per heavy atom. The molecule has 0 amide bonds. The standard InChI is InChI=1S/C13H17N3O5/c1-13(12(17)18)5-7-15(8-6-13)11-9(16(19)20)3-4-10(14-11)21-2/h3-4H,5-8H2,1-2H3,(H,17,18). The number of pyridine rings is 1. The predicted molar refractivity (Wildman–Crippen MR) is 74.6 cm³/mol. The molecule has 1 aromatic heterocycles. The van der Waals surface area contributed by atoms with Crippen molar-refractivity contribution in [2.24, 2.45) is 5.41 Å². The van der Waals surface area contributed by atoms with Gasteiger partial charge >= 0.3 is 11.7 Å². The average Bonchev–Trinajstić information content (AvgIpc) is 2.47. The molecule has 0 unspecified atom stereocenters. The number of piperidine rings is 1. The molecule has 1 aromatic rings. The monoisotopic (exact) mass is 295 g/mol. The first-order valence-corrected chi connectivity index (χ1v) is 6.55. The van der Waals surface area contributed by atoms with E-state index in [-0.39, 0.29) is 11.5 Å². The van der Waals surface area contributed by atoms with E-state index in [2.05, 4.69) is 4.98 Å². The SMILES string of the molecule is COc1ccc([N+](=O)[O-])c(N2CCC(C)(C(=O)O)CC2)n1. The minimum Gasteiger partial charge on any atom is -0.481 e. The third kappa shape index (κ3) is 2.88. The summed E-state index contributed by atoms with van der Waals surface area (Å²) >= 11 is 0. The van der Waals surface area contributed by atoms with Gasteiger partial charge in [0, 0.05) is 25.2 Å². The third-order valence-electron chi connectivity index (χ3n) is 3.92. The van der Waals surface area contributed by atoms with Crippen molar-refractivity contribution in [1.29, 1.82) is 0 Å². The Labute approximate surface area is 121 Å². The molecule has 0 atom stereocenters. The first-order valence-electron chi connectivity index (χ1n) is 6.55. The number of carbonyl (C=O) groups is 1. The molecule has 0 spiro atoms. The number of hydrogen-bond acceptors (Lipinski definition) is 6. The first-order chi connectivity index (χ1) is 9.87. The molecule has 1 saturated heterocycles. The van der Waals surface area contributed by atoms with Gasteiger partial charge in [-0.25, -0.2) is 0 Å². The van der Waals surface area contributed by atoms with Gasteiger partial charge < -0.3 is 14.7 Å². The molecule has 21 heavy (non-hydrogen) atoms. The highest BCUT2D eigenvalue weighted by molar-refractivity contribution is 5.74. The Kier molecular flexibility index (Phi) is 3.97. The van der Waals surface area contributed by atoms with Crippen molar-refractivity contribution in [2.75, 3.05) is 25.1 Å². The molecule has 1 aliphatic rings. The van der Waals surface area contributed by atoms with Crippen molar-refractivity contribution in [2.45, 2.75) is 19.8 Å². The van der Waals surface area contributed by atoms with E-state index in [0.29, 0.717) is 31.8 Å². The van der Waals surface area contributed by atoms with Crippen LogP contribution in [0.25, 0.3) is 0 Å². The fourth-order valence-corrected chi connectivity index (χ4v) is 2.34. The fourth-order valence-electron chi connectivity index (χ4n) is 2.34. The number of carboxylic acids is 1. The van der Waals surface area contributed by atoms with E-state index in [1.807, 2.05) is 0 Å². The predicted octanol–water partition coefficient (Wildman–Crippen LogP) is 1.69. The van der Waals surface area contributed by atoms with Gasteiger partial charge in [-0.1, -0.05) is 0 Å². The largest absolute Gasteiger partial charge is 0.481 e. The highest BCUT2D eigenvalue weighted by atomic mass is 16.6. The molecular formula is C13H17N3O5. The summed E-state index contributed by atoms with van der Waals surface area (Å²) in [5.74, 6) is -0.316. The van der Waals surface area contributed by atoms with E-state index in [1.54, 1.807) is 11.8 Å². The number of aliphatic carboxylic acids is 1. The highest BCUT2D eigenvalue weighted by Gasteiger charge is 2.38. The lowest BCUT2D eigenvalue weighted by Gasteiger charge is -2.36. The number of hydrogen-bond donors (Lipinski definition) is 1. The highest BCUT2D eigenvalue weighted by Crippen LogP contribution is 2.36. The fraction of sp³-hybridized carbons (Fsp3) is 0.538. The lowest BCUT2D eigenvalue weighted by atomic mass is 9.80. The number of ether oxygens (including phenoxy) is 1. The number of nitro groups is 1. The molecule has 1 aliphatic heterocycles. The molecule has 2 rings (SSSR count). The molecule has 1 N–H and O–H groups in total. The number of carboxylic acid groups (broad SMARTS) is 1. The Balaban J connectivity index is 2.27. The van der Waals surface area contributed by atoms with Crippen LogP contribution in [0.2, 0.25) is 0 Å². The second-order valence-electron chi connectivity index (χ2n) is 5.31. The van der Waals surface area contributed by atoms with Crippen molar-refractivity contribution in [3.63, 3.8) is 0 Å². The zero-order chi connectivity index (χ0) is 15.6. The summed E-state index contributed by atoms with van der Waals surface area (Å²) in [6.45, 7) is 2.51. The summed E-state index contributed by atoms with van der Waals surface area (Å²) in [4.78, 5) is 27.7. The van der Waals surface area contributed by atoms with Crippen LogP contribution in [0.1, 0.15) is 19.8 Å². The van der Waals surface area contributed by atoms with Crippen molar-refractivity contribution in [3.05, 3.63) is 22.2 Å². The van der Waals surface area contributed by atoms with Gasteiger partial charge in [-0.3, -0.25) is 14.9 Å². The van der Waals surface area contributed by atoms with Crippen molar-refractivity contribution < 1.29 is 19.6 Å². The summed E-state index contributed by atoms with van der Waals surface area (Å²) < 4.78 is 5.01. The maximum Gasteiger partial charge on any atom is 0.311 e. The average molecular weight is 295 g/mol. The lowest BCUT2D eigenvalue weighted by molar-refractivity contribution is -0.384. The maximum atomic E-state index is 11.2. The maximum absolute atomic E-state index is 11.2. The summed E-state index contributed by atoms with van der Waals surface area (Å²) in [6.07, 6.45) is 0.830. The number of methoxy groups -OCH3 is 1. The van der Waals surface area contributed by atoms with Gasteiger partial charge in [0.2, 0.25) is 11.7 Å². The van der Waals surface area contributed by atoms with Crippen LogP contribution in [0.15, 0.2) is 12.1 Å². The minimum absolute atomic E-state index is 0.102. The van der Waals surface area contributed by atoms with E-state index in [9.17, 15) is 20.0 Å². The quantitative estimate of drug-likeness (QED) is 0.665. The van der Waals surface area contributed by atoms with E-state index in [0.717, 1.165) is 0 Å². The van der Waals surface area contributed by atoms with Crippen LogP contribution in [0.4, 0.5) is 11.5 Å². The minimum atomic E-state index is -0.838. The van der Waals surface area contributed by atoms with Gasteiger partial charge in [0.05, 0.1) is 17.4 Å². The van der Waals surface area contributed by atoms with E-state index >= 15 is 0 Å². The normalized spacial score (nSPS) is 17.3. The van der Waals surface area contributed by atoms with Crippen molar-refractivity contribution >= 4 is 17.5 Å². The number of rotatable bonds is 4. The van der Waals surface area contributed by atoms with Crippen molar-refractivity contribution in [1.82, 2.24) is 4.98 Å². The summed E-state index contributed by atoms with van der Waals surface area (Å²) in [6, 6.07) is 2.79. The van der Waals surface area contributed by atoms with Gasteiger partial charge in [-0.2, -0.15) is 4.98 Å². The molecule has 0 radical (unpaired) electrons. The van der Waals surface area contributed by atoms with Crippen molar-refractivity contribution in [3.8, 4) is 5.88 Å². The smallest absolute Gasteiger partial charge is 0.311 e. The molecule has 0 bridgehead atoms. The zero-order valence-corrected chi connectivity index (χ0v) is 11.9. The van der Waals surface area contributed by atoms with Crippen LogP contribution in [0.3, 0.4) is 0 Å². The van der Waals surface area contributed by atoms with Crippen LogP contribution >= 0.6 is 0 Å². The van der Waals surface area contributed by atoms with E-state index in [4.69, 9.17) is 4.74 Å². The van der Waals surface area contributed by atoms with Crippen LogP contribution in [0, 0.1) is 15.5 Å². The molecule has 0 saturated carbocycles. The van der Waals surface area contributed by atoms with Gasteiger partial charge in [0.15, 0.2) is 0 Å². The van der Waals surface area contributed by atoms with Crippen LogP contribution < -0.4 is 9.64 Å². The topological polar surface area (TPSA) is 106 Å². The van der Waals surface area contributed by atoms with Gasteiger partial charge in [-0.15, -0.1) is 0 Å². The van der Waals surface area contributed by atoms with Gasteiger partial charge in [0.25, 0.3) is 0 Å². The summed E-state index contributed by atoms with van der Waals surface area (Å²) in [7, 11) is 1.44. The second kappa shape index (κ2) is 5.55. The van der Waals surface area contributed by atoms with Crippen LogP contribution in [-0.2, 0) is 4.79 Å². The first kappa shape index (κ1) is 15.0. The molecule has 8 nitrogen and oxygen atoms in total. The Morgan fingerprint density at radius 3 is 2.57 bits per heavy atom. The van der Waals surface area contributed by atoms with E-state index in [1.165, 1.54) is 19.2 Å². The van der Waals surface area contributed by atoms with Crippen LogP contribution in [-0.4, -0.2) is 41.2 Å². The molecule has 2 heterocycles. The molecule has 0 aromatic carbocycles. The Morgan fingerprint density at radius 2 is 2.10 bits per heavy atom. The molecule has 8 heteroatoms. The zero-order valence-electron chi connectivity index (χ0n) is 11.9. The number of nitrogens with zero attached hydrogens (tertiary/aromatic N) is 3. The van der Waals surface area contributed by atoms with E-state index < -0.39 is 16.3 Å². The molecule has 1 fully saturated rings. The molecular weight excluding hydrogens is 278 g/mol. The summed E-state index contributed by atoms with van der Waals surface area (Å²) in [5.41, 5.74) is -0.890. The third-order valence-corrected chi connectivity index (χ3v) is 3.92. The van der Waals surface area contributed by atoms with Gasteiger partial charge in [-0.05, 0) is 19.8 Å². The lowest BCUT2D eigenvalue weighted by Crippen LogP contribution is -2.43. The number of aromatic nitrogens is 1. The number of anilines is 1.